The van der Waals surface area contributed by atoms with Gasteiger partial charge in [0, 0.05) is 49.1 Å². The molecule has 2 nitrogen and oxygen atoms in total. The van der Waals surface area contributed by atoms with Crippen molar-refractivity contribution in [2.45, 2.75) is 77.8 Å². The standard InChI is InChI=1S/C40H44N2/c1-6-39(5)40(7-2,36-23-14-13-22-34(36)37-24-15-16-27-42(37)39)25-17-26-41-29-35(32-19-9-8-10-20-32)31(4)28-38(41)33-21-12-11-18-30(33)3/h8-16,18-24,27-29H,6-7,17,25-26H2,1-5H3/q+2. The van der Waals surface area contributed by atoms with Crippen LogP contribution in [-0.2, 0) is 17.5 Å². The van der Waals surface area contributed by atoms with Gasteiger partial charge in [0.1, 0.15) is 6.54 Å². The zero-order valence-electron chi connectivity index (χ0n) is 25.9. The summed E-state index contributed by atoms with van der Waals surface area (Å²) < 4.78 is 5.12. The molecule has 2 aromatic heterocycles. The molecule has 0 radical (unpaired) electrons. The quantitative estimate of drug-likeness (QED) is 0.170. The van der Waals surface area contributed by atoms with Crippen molar-refractivity contribution >= 4 is 0 Å². The number of nitrogens with zero attached hydrogens (tertiary/aromatic N) is 2. The molecule has 5 aromatic rings. The molecule has 3 aromatic carbocycles. The van der Waals surface area contributed by atoms with E-state index in [1.54, 1.807) is 0 Å². The van der Waals surface area contributed by atoms with Gasteiger partial charge in [-0.3, -0.25) is 0 Å². The van der Waals surface area contributed by atoms with Gasteiger partial charge in [-0.2, -0.15) is 9.13 Å². The van der Waals surface area contributed by atoms with E-state index in [1.807, 2.05) is 0 Å². The number of fused-ring (bicyclic) bond motifs is 3. The number of aromatic nitrogens is 2. The van der Waals surface area contributed by atoms with E-state index in [0.29, 0.717) is 0 Å². The zero-order chi connectivity index (χ0) is 29.3. The third kappa shape index (κ3) is 4.49. The van der Waals surface area contributed by atoms with Crippen LogP contribution in [0, 0.1) is 13.8 Å². The van der Waals surface area contributed by atoms with Crippen molar-refractivity contribution in [3.05, 3.63) is 132 Å². The Balaban J connectivity index is 1.43. The van der Waals surface area contributed by atoms with Crippen LogP contribution >= 0.6 is 0 Å². The fourth-order valence-corrected chi connectivity index (χ4v) is 7.84. The Morgan fingerprint density at radius 1 is 0.643 bits per heavy atom. The number of hydrogen-bond acceptors (Lipinski definition) is 0. The highest BCUT2D eigenvalue weighted by Crippen LogP contribution is 2.52. The van der Waals surface area contributed by atoms with Crippen molar-refractivity contribution in [1.29, 1.82) is 0 Å². The number of hydrogen-bond donors (Lipinski definition) is 0. The normalized spacial score (nSPS) is 19.3. The number of rotatable bonds is 8. The number of benzene rings is 3. The van der Waals surface area contributed by atoms with Crippen molar-refractivity contribution in [1.82, 2.24) is 0 Å². The van der Waals surface area contributed by atoms with Gasteiger partial charge in [-0.05, 0) is 67.1 Å². The third-order valence-electron chi connectivity index (χ3n) is 10.3. The maximum atomic E-state index is 2.59. The van der Waals surface area contributed by atoms with E-state index >= 15 is 0 Å². The average molecular weight is 553 g/mol. The monoisotopic (exact) mass is 552 g/mol. The van der Waals surface area contributed by atoms with Crippen molar-refractivity contribution < 1.29 is 9.13 Å². The summed E-state index contributed by atoms with van der Waals surface area (Å²) in [6.45, 7) is 12.7. The maximum Gasteiger partial charge on any atom is 0.213 e. The molecule has 0 fully saturated rings. The molecule has 0 bridgehead atoms. The summed E-state index contributed by atoms with van der Waals surface area (Å²) in [5.74, 6) is 0. The first-order chi connectivity index (χ1) is 20.4. The van der Waals surface area contributed by atoms with E-state index in [-0.39, 0.29) is 11.0 Å². The van der Waals surface area contributed by atoms with Gasteiger partial charge in [-0.15, -0.1) is 0 Å². The Bertz CT molecular complexity index is 1720. The van der Waals surface area contributed by atoms with Crippen molar-refractivity contribution in [3.63, 3.8) is 0 Å². The maximum absolute atomic E-state index is 2.59. The molecule has 0 spiro atoms. The van der Waals surface area contributed by atoms with E-state index in [1.165, 1.54) is 50.3 Å². The Morgan fingerprint density at radius 3 is 2.07 bits per heavy atom. The van der Waals surface area contributed by atoms with Crippen LogP contribution in [0.3, 0.4) is 0 Å². The Kier molecular flexibility index (Phi) is 7.58. The van der Waals surface area contributed by atoms with Crippen molar-refractivity contribution in [3.8, 4) is 33.6 Å². The van der Waals surface area contributed by atoms with Crippen LogP contribution in [0.15, 0.2) is 116 Å². The van der Waals surface area contributed by atoms with E-state index in [0.717, 1.165) is 32.2 Å². The SMILES string of the molecule is CCC1(CCC[n+]2cc(-c3ccccc3)c(C)cc2-c2ccccc2C)c2ccccc2-c2cccc[n+]2C1(C)CC. The lowest BCUT2D eigenvalue weighted by Crippen LogP contribution is -2.68. The second kappa shape index (κ2) is 11.3. The number of aryl methyl sites for hydroxylation is 3. The first kappa shape index (κ1) is 28.1. The molecular formula is C40H44N2+2. The summed E-state index contributed by atoms with van der Waals surface area (Å²) in [7, 11) is 0. The zero-order valence-corrected chi connectivity index (χ0v) is 25.9. The molecule has 212 valence electrons. The van der Waals surface area contributed by atoms with Gasteiger partial charge in [-0.25, -0.2) is 0 Å². The lowest BCUT2D eigenvalue weighted by Gasteiger charge is -2.48. The summed E-state index contributed by atoms with van der Waals surface area (Å²) in [6, 6.07) is 37.9. The van der Waals surface area contributed by atoms with E-state index in [2.05, 4.69) is 159 Å². The fourth-order valence-electron chi connectivity index (χ4n) is 7.84. The summed E-state index contributed by atoms with van der Waals surface area (Å²) >= 11 is 0. The molecule has 0 saturated heterocycles. The van der Waals surface area contributed by atoms with Crippen molar-refractivity contribution in [2.75, 3.05) is 0 Å². The largest absolute Gasteiger partial charge is 0.213 e. The van der Waals surface area contributed by atoms with E-state index in [9.17, 15) is 0 Å². The highest BCUT2D eigenvalue weighted by Gasteiger charge is 2.58. The minimum Gasteiger partial charge on any atom is -0.198 e. The molecule has 2 atom stereocenters. The van der Waals surface area contributed by atoms with Crippen LogP contribution < -0.4 is 9.13 Å². The topological polar surface area (TPSA) is 7.76 Å². The highest BCUT2D eigenvalue weighted by atomic mass is 15.1. The van der Waals surface area contributed by atoms with Gasteiger partial charge in [0.2, 0.25) is 11.4 Å². The first-order valence-corrected chi connectivity index (χ1v) is 15.7. The first-order valence-electron chi connectivity index (χ1n) is 15.7. The van der Waals surface area contributed by atoms with Crippen LogP contribution in [0.25, 0.3) is 33.6 Å². The summed E-state index contributed by atoms with van der Waals surface area (Å²) in [5, 5.41) is 0. The molecule has 2 heteroatoms. The molecule has 3 heterocycles. The third-order valence-corrected chi connectivity index (χ3v) is 10.3. The molecule has 2 unspecified atom stereocenters. The molecule has 0 saturated carbocycles. The minimum absolute atomic E-state index is 0.0152. The Hall–Kier alpha value is -4.04. The van der Waals surface area contributed by atoms with Crippen LogP contribution in [-0.4, -0.2) is 0 Å². The predicted octanol–water partition coefficient (Wildman–Crippen LogP) is 9.15. The van der Waals surface area contributed by atoms with E-state index < -0.39 is 0 Å². The number of pyridine rings is 2. The van der Waals surface area contributed by atoms with Gasteiger partial charge in [0.25, 0.3) is 0 Å². The van der Waals surface area contributed by atoms with Gasteiger partial charge >= 0.3 is 0 Å². The van der Waals surface area contributed by atoms with Crippen molar-refractivity contribution in [2.24, 2.45) is 0 Å². The van der Waals surface area contributed by atoms with Gasteiger partial charge in [0.05, 0.1) is 11.0 Å². The summed E-state index contributed by atoms with van der Waals surface area (Å²) in [4.78, 5) is 0. The second-order valence-corrected chi connectivity index (χ2v) is 12.3. The molecule has 0 aliphatic carbocycles. The highest BCUT2D eigenvalue weighted by molar-refractivity contribution is 5.69. The molecule has 1 aliphatic rings. The fraction of sp³-hybridized carbons (Fsp3) is 0.300. The molecule has 0 N–H and O–H groups in total. The van der Waals surface area contributed by atoms with E-state index in [4.69, 9.17) is 0 Å². The predicted molar refractivity (Wildman–Crippen MR) is 174 cm³/mol. The lowest BCUT2D eigenvalue weighted by atomic mass is 9.57. The van der Waals surface area contributed by atoms with Crippen LogP contribution in [0.5, 0.6) is 0 Å². The van der Waals surface area contributed by atoms with Gasteiger partial charge in [0.15, 0.2) is 17.9 Å². The summed E-state index contributed by atoms with van der Waals surface area (Å²) in [5.41, 5.74) is 12.1. The molecule has 42 heavy (non-hydrogen) atoms. The average Bonchev–Trinajstić information content (AvgIpc) is 3.04. The Morgan fingerprint density at radius 2 is 1.33 bits per heavy atom. The van der Waals surface area contributed by atoms with Gasteiger partial charge in [-0.1, -0.05) is 80.6 Å². The lowest BCUT2D eigenvalue weighted by molar-refractivity contribution is -0.766. The van der Waals surface area contributed by atoms with Gasteiger partial charge < -0.3 is 0 Å². The van der Waals surface area contributed by atoms with Crippen LogP contribution in [0.2, 0.25) is 0 Å². The summed E-state index contributed by atoms with van der Waals surface area (Å²) in [6.07, 6.45) is 9.14. The van der Waals surface area contributed by atoms with Crippen LogP contribution in [0.4, 0.5) is 0 Å². The molecule has 6 rings (SSSR count). The second-order valence-electron chi connectivity index (χ2n) is 12.3. The Labute approximate surface area is 252 Å². The minimum atomic E-state index is -0.0152. The molecule has 1 aliphatic heterocycles. The molecular weight excluding hydrogens is 508 g/mol. The smallest absolute Gasteiger partial charge is 0.198 e. The van der Waals surface area contributed by atoms with Crippen LogP contribution in [0.1, 0.15) is 63.1 Å². The molecule has 0 amide bonds.